The van der Waals surface area contributed by atoms with Crippen molar-refractivity contribution in [1.82, 2.24) is 0 Å². The highest BCUT2D eigenvalue weighted by Crippen LogP contribution is 2.28. The smallest absolute Gasteiger partial charge is 0.453 e. The Morgan fingerprint density at radius 3 is 1.60 bits per heavy atom. The highest BCUT2D eigenvalue weighted by Gasteiger charge is 2.38. The van der Waals surface area contributed by atoms with Crippen molar-refractivity contribution in [3.63, 3.8) is 0 Å². The molecule has 15 heavy (non-hydrogen) atoms. The van der Waals surface area contributed by atoms with Gasteiger partial charge in [-0.05, 0) is 27.0 Å². The van der Waals surface area contributed by atoms with E-state index in [4.69, 9.17) is 18.2 Å². The lowest BCUT2D eigenvalue weighted by molar-refractivity contribution is 0.234. The molecule has 1 heterocycles. The lowest BCUT2D eigenvalue weighted by atomic mass is 9.79. The van der Waals surface area contributed by atoms with Gasteiger partial charge in [0.1, 0.15) is 0 Å². The molecule has 0 saturated carbocycles. The minimum atomic E-state index is -0.565. The van der Waals surface area contributed by atoms with Crippen LogP contribution in [0.3, 0.4) is 0 Å². The number of hydrogen-bond donors (Lipinski definition) is 0. The molecule has 0 radical (unpaired) electrons. The molecule has 0 amide bonds. The van der Waals surface area contributed by atoms with Crippen LogP contribution in [0.5, 0.6) is 0 Å². The van der Waals surface area contributed by atoms with Crippen LogP contribution in [-0.2, 0) is 18.2 Å². The van der Waals surface area contributed by atoms with Gasteiger partial charge in [0.2, 0.25) is 0 Å². The van der Waals surface area contributed by atoms with Gasteiger partial charge in [-0.15, -0.1) is 0 Å². The van der Waals surface area contributed by atoms with Gasteiger partial charge in [-0.25, -0.2) is 0 Å². The van der Waals surface area contributed by atoms with Crippen LogP contribution in [-0.4, -0.2) is 34.9 Å². The minimum absolute atomic E-state index is 0. The molecule has 1 aliphatic heterocycles. The highest BCUT2D eigenvalue weighted by atomic mass is 31.1. The van der Waals surface area contributed by atoms with Crippen LogP contribution < -0.4 is 0 Å². The number of hydrogen-bond acceptors (Lipinski definition) is 4. The summed E-state index contributed by atoms with van der Waals surface area (Å²) in [5.41, 5.74) is 0. The third-order valence-corrected chi connectivity index (χ3v) is 1.88. The van der Waals surface area contributed by atoms with Gasteiger partial charge in [-0.2, -0.15) is 0 Å². The van der Waals surface area contributed by atoms with Crippen molar-refractivity contribution < 1.29 is 18.2 Å². The van der Waals surface area contributed by atoms with Crippen molar-refractivity contribution in [2.75, 3.05) is 13.3 Å². The quantitative estimate of drug-likeness (QED) is 0.545. The maximum Gasteiger partial charge on any atom is 0.614 e. The van der Waals surface area contributed by atoms with E-state index in [1.165, 1.54) is 0 Å². The highest BCUT2D eigenvalue weighted by molar-refractivity contribution is 7.52. The molecule has 8 heteroatoms. The summed E-state index contributed by atoms with van der Waals surface area (Å²) in [7, 11) is -1.54. The van der Waals surface area contributed by atoms with Crippen molar-refractivity contribution in [1.29, 1.82) is 0 Å². The van der Waals surface area contributed by atoms with Gasteiger partial charge < -0.3 is 18.2 Å². The van der Waals surface area contributed by atoms with Gasteiger partial charge in [-0.3, -0.25) is 0 Å². The maximum atomic E-state index is 5.37. The normalized spacial score (nSPS) is 15.4. The monoisotopic (exact) mass is 236 g/mol. The van der Waals surface area contributed by atoms with Crippen LogP contribution in [0.25, 0.3) is 0 Å². The zero-order valence-corrected chi connectivity index (χ0v) is 8.71. The summed E-state index contributed by atoms with van der Waals surface area (Å²) < 4.78 is 21.0. The molecule has 0 spiro atoms. The summed E-state index contributed by atoms with van der Waals surface area (Å²) in [6, 6.07) is 0. The zero-order valence-electron chi connectivity index (χ0n) is 7.81. The standard InChI is InChI=1S/C4H12B3O4P.3CH4/c1-5-8-6(2)10-7(9-5)11-12(3)4;;;/h1-4H3;3*1H4. The minimum Gasteiger partial charge on any atom is -0.453 e. The van der Waals surface area contributed by atoms with E-state index in [9.17, 15) is 0 Å². The van der Waals surface area contributed by atoms with Crippen molar-refractivity contribution in [2.45, 2.75) is 35.9 Å². The second kappa shape index (κ2) is 9.67. The first-order valence-corrected chi connectivity index (χ1v) is 6.04. The second-order valence-electron chi connectivity index (χ2n) is 2.75. The molecule has 1 saturated heterocycles. The third-order valence-electron chi connectivity index (χ3n) is 1.29. The van der Waals surface area contributed by atoms with Crippen molar-refractivity contribution in [3.05, 3.63) is 0 Å². The van der Waals surface area contributed by atoms with Crippen LogP contribution in [0.15, 0.2) is 0 Å². The average molecular weight is 236 g/mol. The molecule has 0 atom stereocenters. The first-order valence-electron chi connectivity index (χ1n) is 3.88. The van der Waals surface area contributed by atoms with Crippen LogP contribution in [0.1, 0.15) is 22.3 Å². The van der Waals surface area contributed by atoms with E-state index in [0.717, 1.165) is 0 Å². The van der Waals surface area contributed by atoms with Crippen LogP contribution in [0, 0.1) is 0 Å². The lowest BCUT2D eigenvalue weighted by Crippen LogP contribution is -2.47. The lowest BCUT2D eigenvalue weighted by Gasteiger charge is -2.27. The summed E-state index contributed by atoms with van der Waals surface area (Å²) in [5.74, 6) is 0. The Hall–Kier alpha value is 0.465. The van der Waals surface area contributed by atoms with Gasteiger partial charge in [0, 0.05) is 8.15 Å². The molecule has 0 aromatic carbocycles. The molecule has 0 aliphatic carbocycles. The molecular formula is C7H24B3O4P. The third kappa shape index (κ3) is 8.29. The van der Waals surface area contributed by atoms with Crippen molar-refractivity contribution in [3.8, 4) is 0 Å². The Kier molecular flexibility index (Phi) is 13.4. The van der Waals surface area contributed by atoms with E-state index in [-0.39, 0.29) is 36.5 Å². The summed E-state index contributed by atoms with van der Waals surface area (Å²) in [4.78, 5) is 0. The van der Waals surface area contributed by atoms with Crippen LogP contribution in [0.4, 0.5) is 0 Å². The fraction of sp³-hybridized carbons (Fsp3) is 1.00. The molecule has 1 fully saturated rings. The molecule has 90 valence electrons. The SMILES string of the molecule is C.C.C.CB1OB(C)OB(OP(C)C)O1. The predicted octanol–water partition coefficient (Wildman–Crippen LogP) is 2.85. The van der Waals surface area contributed by atoms with Gasteiger partial charge >= 0.3 is 21.6 Å². The average Bonchev–Trinajstić information content (AvgIpc) is 1.81. The molecule has 0 aromatic rings. The molecule has 1 aliphatic rings. The molecular weight excluding hydrogens is 211 g/mol. The summed E-state index contributed by atoms with van der Waals surface area (Å²) in [6.07, 6.45) is 0. The largest absolute Gasteiger partial charge is 0.614 e. The second-order valence-corrected chi connectivity index (χ2v) is 4.59. The predicted molar refractivity (Wildman–Crippen MR) is 72.3 cm³/mol. The molecule has 0 unspecified atom stereocenters. The molecule has 0 N–H and O–H groups in total. The fourth-order valence-corrected chi connectivity index (χ4v) is 1.34. The topological polar surface area (TPSA) is 36.9 Å². The fourth-order valence-electron chi connectivity index (χ4n) is 0.901. The van der Waals surface area contributed by atoms with E-state index >= 15 is 0 Å². The Morgan fingerprint density at radius 2 is 1.27 bits per heavy atom. The molecule has 0 bridgehead atoms. The van der Waals surface area contributed by atoms with E-state index in [1.807, 2.05) is 27.0 Å². The van der Waals surface area contributed by atoms with Crippen molar-refractivity contribution >= 4 is 29.7 Å². The Bertz CT molecular complexity index is 139. The van der Waals surface area contributed by atoms with Gasteiger partial charge in [0.25, 0.3) is 0 Å². The van der Waals surface area contributed by atoms with Crippen LogP contribution in [0.2, 0.25) is 13.6 Å². The van der Waals surface area contributed by atoms with E-state index in [0.29, 0.717) is 0 Å². The van der Waals surface area contributed by atoms with E-state index in [1.54, 1.807) is 0 Å². The van der Waals surface area contributed by atoms with Gasteiger partial charge in [0.05, 0.1) is 0 Å². The summed E-state index contributed by atoms with van der Waals surface area (Å²) in [6.45, 7) is 7.63. The summed E-state index contributed by atoms with van der Waals surface area (Å²) >= 11 is 0. The van der Waals surface area contributed by atoms with E-state index in [2.05, 4.69) is 0 Å². The molecule has 4 nitrogen and oxygen atoms in total. The van der Waals surface area contributed by atoms with Crippen molar-refractivity contribution in [2.24, 2.45) is 0 Å². The Labute approximate surface area is 97.7 Å². The van der Waals surface area contributed by atoms with E-state index < -0.39 is 15.5 Å². The molecule has 0 aromatic heterocycles. The Morgan fingerprint density at radius 1 is 0.867 bits per heavy atom. The van der Waals surface area contributed by atoms with Crippen LogP contribution >= 0.6 is 8.15 Å². The number of rotatable bonds is 2. The van der Waals surface area contributed by atoms with Gasteiger partial charge in [-0.1, -0.05) is 22.3 Å². The van der Waals surface area contributed by atoms with Gasteiger partial charge in [0.15, 0.2) is 0 Å². The summed E-state index contributed by atoms with van der Waals surface area (Å²) in [5, 5.41) is 0. The first-order chi connectivity index (χ1) is 5.58. The maximum absolute atomic E-state index is 5.37. The molecule has 1 rings (SSSR count). The first kappa shape index (κ1) is 20.8. The Balaban J connectivity index is -0.000000480. The zero-order chi connectivity index (χ0) is 9.14.